The average Bonchev–Trinajstić information content (AvgIpc) is 3.01. The maximum Gasteiger partial charge on any atom is 0.231 e. The van der Waals surface area contributed by atoms with E-state index in [1.165, 1.54) is 11.3 Å². The maximum atomic E-state index is 8.37. The standard InChI is InChI=1S/C15H14N4O3S2/c1-19(2)10-7-8-12(14(9-10)24-22-21-20)17-18-15-16-11-5-3-4-6-13(11)23-15/h3-9,20H,1-2H3/b18-17+. The first-order valence-electron chi connectivity index (χ1n) is 6.91. The summed E-state index contributed by atoms with van der Waals surface area (Å²) in [5.41, 5.74) is 2.44. The van der Waals surface area contributed by atoms with Crippen LogP contribution in [0.4, 0.5) is 16.5 Å². The molecule has 0 aliphatic rings. The molecule has 7 nitrogen and oxygen atoms in total. The van der Waals surface area contributed by atoms with Gasteiger partial charge < -0.3 is 4.90 Å². The van der Waals surface area contributed by atoms with Gasteiger partial charge in [-0.15, -0.1) is 14.6 Å². The molecule has 0 spiro atoms. The second-order valence-corrected chi connectivity index (χ2v) is 6.69. The van der Waals surface area contributed by atoms with Gasteiger partial charge in [0.2, 0.25) is 5.13 Å². The Bertz CT molecular complexity index is 834. The number of hydrogen-bond acceptors (Lipinski definition) is 9. The van der Waals surface area contributed by atoms with E-state index in [-0.39, 0.29) is 0 Å². The molecular weight excluding hydrogens is 348 g/mol. The van der Waals surface area contributed by atoms with Crippen LogP contribution in [0.2, 0.25) is 0 Å². The first-order valence-corrected chi connectivity index (χ1v) is 8.46. The molecule has 1 aromatic heterocycles. The number of aromatic nitrogens is 1. The van der Waals surface area contributed by atoms with E-state index in [1.807, 2.05) is 61.5 Å². The summed E-state index contributed by atoms with van der Waals surface area (Å²) in [6.45, 7) is 0. The van der Waals surface area contributed by atoms with Crippen LogP contribution < -0.4 is 4.90 Å². The van der Waals surface area contributed by atoms with Crippen molar-refractivity contribution < 1.29 is 14.6 Å². The van der Waals surface area contributed by atoms with Crippen LogP contribution in [0, 0.1) is 0 Å². The second-order valence-electron chi connectivity index (χ2n) is 4.94. The normalized spacial score (nSPS) is 11.5. The van der Waals surface area contributed by atoms with Crippen LogP contribution in [0.3, 0.4) is 0 Å². The van der Waals surface area contributed by atoms with Crippen molar-refractivity contribution in [2.24, 2.45) is 10.2 Å². The summed E-state index contributed by atoms with van der Waals surface area (Å²) in [5.74, 6) is 0. The van der Waals surface area contributed by atoms with Gasteiger partial charge >= 0.3 is 0 Å². The fourth-order valence-electron chi connectivity index (χ4n) is 1.98. The molecule has 0 radical (unpaired) electrons. The molecule has 0 aliphatic heterocycles. The van der Waals surface area contributed by atoms with Gasteiger partial charge in [-0.3, -0.25) is 0 Å². The third-order valence-corrected chi connectivity index (χ3v) is 4.70. The predicted molar refractivity (Wildman–Crippen MR) is 95.2 cm³/mol. The number of para-hydroxylation sites is 1. The third-order valence-electron chi connectivity index (χ3n) is 3.14. The SMILES string of the molecule is CN(C)c1ccc(/N=N/c2nc3ccccc3s2)c(SOOO)c1. The molecule has 3 rings (SSSR count). The van der Waals surface area contributed by atoms with E-state index in [9.17, 15) is 0 Å². The van der Waals surface area contributed by atoms with E-state index in [0.717, 1.165) is 27.9 Å². The molecule has 1 N–H and O–H groups in total. The molecule has 2 aromatic carbocycles. The summed E-state index contributed by atoms with van der Waals surface area (Å²) in [7, 11) is 3.85. The molecular formula is C15H14N4O3S2. The Labute approximate surface area is 146 Å². The number of fused-ring (bicyclic) bond motifs is 1. The van der Waals surface area contributed by atoms with Gasteiger partial charge in [-0.25, -0.2) is 10.2 Å². The van der Waals surface area contributed by atoms with Crippen molar-refractivity contribution in [3.05, 3.63) is 42.5 Å². The van der Waals surface area contributed by atoms with E-state index in [2.05, 4.69) is 24.6 Å². The van der Waals surface area contributed by atoms with E-state index in [4.69, 9.17) is 5.26 Å². The molecule has 1 heterocycles. The fraction of sp³-hybridized carbons (Fsp3) is 0.133. The largest absolute Gasteiger partial charge is 0.378 e. The molecule has 124 valence electrons. The third kappa shape index (κ3) is 3.89. The minimum Gasteiger partial charge on any atom is -0.378 e. The van der Waals surface area contributed by atoms with Crippen molar-refractivity contribution in [3.63, 3.8) is 0 Å². The van der Waals surface area contributed by atoms with Crippen LogP contribution in [-0.4, -0.2) is 24.3 Å². The van der Waals surface area contributed by atoms with Crippen LogP contribution in [0.15, 0.2) is 57.6 Å². The lowest BCUT2D eigenvalue weighted by Gasteiger charge is -2.13. The van der Waals surface area contributed by atoms with Crippen molar-refractivity contribution in [2.45, 2.75) is 4.90 Å². The highest BCUT2D eigenvalue weighted by atomic mass is 32.2. The van der Waals surface area contributed by atoms with Crippen molar-refractivity contribution >= 4 is 50.1 Å². The lowest BCUT2D eigenvalue weighted by molar-refractivity contribution is -0.432. The number of nitrogens with zero attached hydrogens (tertiary/aromatic N) is 4. The summed E-state index contributed by atoms with van der Waals surface area (Å²) in [6.07, 6.45) is 0. The molecule has 0 aliphatic carbocycles. The zero-order chi connectivity index (χ0) is 16.9. The minimum absolute atomic E-state index is 0.572. The van der Waals surface area contributed by atoms with Gasteiger partial charge in [0.05, 0.1) is 27.2 Å². The number of azo groups is 1. The van der Waals surface area contributed by atoms with Gasteiger partial charge in [0.15, 0.2) is 0 Å². The lowest BCUT2D eigenvalue weighted by atomic mass is 10.3. The zero-order valence-electron chi connectivity index (χ0n) is 12.9. The Balaban J connectivity index is 1.89. The highest BCUT2D eigenvalue weighted by Gasteiger charge is 2.08. The first-order chi connectivity index (χ1) is 11.7. The predicted octanol–water partition coefficient (Wildman–Crippen LogP) is 5.21. The Kier molecular flexibility index (Phi) is 5.38. The smallest absolute Gasteiger partial charge is 0.231 e. The molecule has 0 saturated carbocycles. The van der Waals surface area contributed by atoms with Crippen molar-refractivity contribution in [3.8, 4) is 0 Å². The van der Waals surface area contributed by atoms with Gasteiger partial charge in [0.25, 0.3) is 0 Å². The molecule has 0 amide bonds. The number of anilines is 1. The second kappa shape index (κ2) is 7.69. The monoisotopic (exact) mass is 362 g/mol. The lowest BCUT2D eigenvalue weighted by Crippen LogP contribution is -2.08. The van der Waals surface area contributed by atoms with Crippen molar-refractivity contribution in [2.75, 3.05) is 19.0 Å². The van der Waals surface area contributed by atoms with Gasteiger partial charge in [-0.2, -0.15) is 0 Å². The molecule has 0 saturated heterocycles. The fourth-order valence-corrected chi connectivity index (χ4v) is 3.24. The van der Waals surface area contributed by atoms with Gasteiger partial charge in [-0.05, 0) is 30.3 Å². The van der Waals surface area contributed by atoms with Crippen molar-refractivity contribution in [1.82, 2.24) is 4.98 Å². The summed E-state index contributed by atoms with van der Waals surface area (Å²) >= 11 is 2.31. The topological polar surface area (TPSA) is 79.5 Å². The van der Waals surface area contributed by atoms with Gasteiger partial charge in [0.1, 0.15) is 5.69 Å². The molecule has 0 atom stereocenters. The van der Waals surface area contributed by atoms with Crippen LogP contribution in [0.25, 0.3) is 10.2 Å². The summed E-state index contributed by atoms with van der Waals surface area (Å²) in [4.78, 5) is 7.01. The van der Waals surface area contributed by atoms with Crippen LogP contribution in [-0.2, 0) is 9.37 Å². The average molecular weight is 362 g/mol. The Hall–Kier alpha value is -2.04. The molecule has 0 unspecified atom stereocenters. The minimum atomic E-state index is 0.572. The van der Waals surface area contributed by atoms with Crippen LogP contribution in [0.5, 0.6) is 0 Å². The Morgan fingerprint density at radius 1 is 1.17 bits per heavy atom. The summed E-state index contributed by atoms with van der Waals surface area (Å²) in [5, 5.41) is 21.1. The quantitative estimate of drug-likeness (QED) is 0.281. The first kappa shape index (κ1) is 16.8. The van der Waals surface area contributed by atoms with Crippen molar-refractivity contribution in [1.29, 1.82) is 0 Å². The van der Waals surface area contributed by atoms with Gasteiger partial charge in [0, 0.05) is 19.8 Å². The molecule has 24 heavy (non-hydrogen) atoms. The van der Waals surface area contributed by atoms with Crippen LogP contribution in [0.1, 0.15) is 0 Å². The summed E-state index contributed by atoms with van der Waals surface area (Å²) in [6, 6.07) is 13.4. The highest BCUT2D eigenvalue weighted by Crippen LogP contribution is 2.35. The van der Waals surface area contributed by atoms with Crippen LogP contribution >= 0.6 is 23.4 Å². The van der Waals surface area contributed by atoms with E-state index < -0.39 is 0 Å². The number of hydrogen-bond donors (Lipinski definition) is 1. The molecule has 0 bridgehead atoms. The Morgan fingerprint density at radius 3 is 2.75 bits per heavy atom. The molecule has 9 heteroatoms. The van der Waals surface area contributed by atoms with E-state index in [0.29, 0.717) is 15.7 Å². The summed E-state index contributed by atoms with van der Waals surface area (Å²) < 4.78 is 5.59. The molecule has 3 aromatic rings. The Morgan fingerprint density at radius 2 is 2.00 bits per heavy atom. The maximum absolute atomic E-state index is 8.37. The zero-order valence-corrected chi connectivity index (χ0v) is 14.5. The number of benzene rings is 2. The van der Waals surface area contributed by atoms with Gasteiger partial charge in [-0.1, -0.05) is 28.5 Å². The van der Waals surface area contributed by atoms with E-state index in [1.54, 1.807) is 0 Å². The number of rotatable bonds is 6. The highest BCUT2D eigenvalue weighted by molar-refractivity contribution is 7.94. The number of thiazole rings is 1. The molecule has 0 fully saturated rings. The van der Waals surface area contributed by atoms with E-state index >= 15 is 0 Å².